The molecule has 1 aliphatic rings. The summed E-state index contributed by atoms with van der Waals surface area (Å²) in [6, 6.07) is 1.30. The molecule has 1 aromatic heterocycles. The molecule has 0 radical (unpaired) electrons. The van der Waals surface area contributed by atoms with Gasteiger partial charge in [0.15, 0.2) is 14.5 Å². The Bertz CT molecular complexity index is 669. The minimum atomic E-state index is -1.82. The molecule has 0 unspecified atom stereocenters. The average Bonchev–Trinajstić information content (AvgIpc) is 2.83. The average molecular weight is 324 g/mol. The van der Waals surface area contributed by atoms with Crippen molar-refractivity contribution in [1.29, 1.82) is 0 Å². The van der Waals surface area contributed by atoms with Crippen molar-refractivity contribution in [1.82, 2.24) is 9.55 Å². The van der Waals surface area contributed by atoms with Crippen LogP contribution in [0.4, 0.5) is 0 Å². The standard InChI is InChI=1S/C15H24N2O4Si/c1-15(2,3)22(4,5)20-10-11-6-7-13(21-11)17-9-8-12(18)16-14(17)19/h6-9,11,13H,10H2,1-5H3,(H,16,18,19)/t11-,13+/m0/s1. The van der Waals surface area contributed by atoms with Crippen molar-refractivity contribution in [3.8, 4) is 0 Å². The fraction of sp³-hybridized carbons (Fsp3) is 0.600. The molecule has 2 rings (SSSR count). The highest BCUT2D eigenvalue weighted by Crippen LogP contribution is 2.37. The minimum Gasteiger partial charge on any atom is -0.414 e. The first-order valence-electron chi connectivity index (χ1n) is 7.39. The molecule has 22 heavy (non-hydrogen) atoms. The van der Waals surface area contributed by atoms with E-state index in [1.807, 2.05) is 6.08 Å². The van der Waals surface area contributed by atoms with Crippen LogP contribution >= 0.6 is 0 Å². The van der Waals surface area contributed by atoms with Crippen LogP contribution < -0.4 is 11.2 Å². The lowest BCUT2D eigenvalue weighted by molar-refractivity contribution is -0.00779. The topological polar surface area (TPSA) is 73.3 Å². The second-order valence-electron chi connectivity index (χ2n) is 7.04. The zero-order valence-corrected chi connectivity index (χ0v) is 14.8. The van der Waals surface area contributed by atoms with Gasteiger partial charge in [0.25, 0.3) is 5.56 Å². The second kappa shape index (κ2) is 5.98. The molecule has 0 amide bonds. The number of aromatic amines is 1. The maximum atomic E-state index is 11.8. The second-order valence-corrected chi connectivity index (χ2v) is 11.8. The molecular formula is C15H24N2O4Si. The lowest BCUT2D eigenvalue weighted by Crippen LogP contribution is -2.42. The van der Waals surface area contributed by atoms with E-state index >= 15 is 0 Å². The number of hydrogen-bond donors (Lipinski definition) is 1. The minimum absolute atomic E-state index is 0.143. The Hall–Kier alpha value is -1.44. The van der Waals surface area contributed by atoms with Crippen LogP contribution in [-0.4, -0.2) is 30.6 Å². The third kappa shape index (κ3) is 3.66. The number of aromatic nitrogens is 2. The van der Waals surface area contributed by atoms with Gasteiger partial charge >= 0.3 is 5.69 Å². The van der Waals surface area contributed by atoms with Gasteiger partial charge in [-0.3, -0.25) is 14.3 Å². The van der Waals surface area contributed by atoms with Gasteiger partial charge in [0.1, 0.15) is 6.10 Å². The first-order valence-corrected chi connectivity index (χ1v) is 10.3. The molecule has 2 heterocycles. The molecule has 0 spiro atoms. The fourth-order valence-corrected chi connectivity index (χ4v) is 2.89. The largest absolute Gasteiger partial charge is 0.414 e. The maximum absolute atomic E-state index is 11.8. The normalized spacial score (nSPS) is 22.2. The van der Waals surface area contributed by atoms with Gasteiger partial charge in [-0.25, -0.2) is 4.79 Å². The van der Waals surface area contributed by atoms with E-state index in [0.29, 0.717) is 6.61 Å². The van der Waals surface area contributed by atoms with E-state index in [2.05, 4.69) is 38.8 Å². The lowest BCUT2D eigenvalue weighted by Gasteiger charge is -2.36. The molecule has 0 aromatic carbocycles. The predicted molar refractivity (Wildman–Crippen MR) is 87.5 cm³/mol. The third-order valence-corrected chi connectivity index (χ3v) is 8.85. The zero-order chi connectivity index (χ0) is 16.5. The van der Waals surface area contributed by atoms with Gasteiger partial charge in [-0.15, -0.1) is 0 Å². The summed E-state index contributed by atoms with van der Waals surface area (Å²) in [6.07, 6.45) is 4.46. The van der Waals surface area contributed by atoms with Crippen LogP contribution in [0.1, 0.15) is 27.0 Å². The zero-order valence-electron chi connectivity index (χ0n) is 13.8. The maximum Gasteiger partial charge on any atom is 0.330 e. The smallest absolute Gasteiger partial charge is 0.330 e. The number of hydrogen-bond acceptors (Lipinski definition) is 4. The molecular weight excluding hydrogens is 300 g/mol. The summed E-state index contributed by atoms with van der Waals surface area (Å²) in [6.45, 7) is 11.4. The number of rotatable bonds is 4. The van der Waals surface area contributed by atoms with Crippen molar-refractivity contribution in [2.45, 2.75) is 51.2 Å². The van der Waals surface area contributed by atoms with Gasteiger partial charge in [0, 0.05) is 12.3 Å². The molecule has 0 fully saturated rings. The Morgan fingerprint density at radius 3 is 2.59 bits per heavy atom. The summed E-state index contributed by atoms with van der Waals surface area (Å²) in [7, 11) is -1.82. The summed E-state index contributed by atoms with van der Waals surface area (Å²) in [5.41, 5.74) is -0.894. The van der Waals surface area contributed by atoms with Gasteiger partial charge in [0.2, 0.25) is 0 Å². The van der Waals surface area contributed by atoms with E-state index in [4.69, 9.17) is 9.16 Å². The highest BCUT2D eigenvalue weighted by molar-refractivity contribution is 6.74. The van der Waals surface area contributed by atoms with Crippen LogP contribution in [0.5, 0.6) is 0 Å². The molecule has 1 aromatic rings. The molecule has 122 valence electrons. The van der Waals surface area contributed by atoms with Gasteiger partial charge < -0.3 is 9.16 Å². The van der Waals surface area contributed by atoms with Crippen molar-refractivity contribution in [2.24, 2.45) is 0 Å². The Morgan fingerprint density at radius 2 is 2.00 bits per heavy atom. The molecule has 0 aliphatic carbocycles. The number of ether oxygens (including phenoxy) is 1. The van der Waals surface area contributed by atoms with Crippen molar-refractivity contribution >= 4 is 8.32 Å². The first kappa shape index (κ1) is 16.9. The van der Waals surface area contributed by atoms with Crippen LogP contribution in [-0.2, 0) is 9.16 Å². The molecule has 2 atom stereocenters. The molecule has 1 aliphatic heterocycles. The summed E-state index contributed by atoms with van der Waals surface area (Å²) in [4.78, 5) is 25.1. The Kier molecular flexibility index (Phi) is 4.60. The van der Waals surface area contributed by atoms with Gasteiger partial charge in [0.05, 0.1) is 6.61 Å². The first-order chi connectivity index (χ1) is 10.1. The Balaban J connectivity index is 1.98. The van der Waals surface area contributed by atoms with Crippen LogP contribution in [0.2, 0.25) is 18.1 Å². The highest BCUT2D eigenvalue weighted by Gasteiger charge is 2.38. The van der Waals surface area contributed by atoms with E-state index in [0.717, 1.165) is 0 Å². The van der Waals surface area contributed by atoms with Crippen molar-refractivity contribution in [3.63, 3.8) is 0 Å². The van der Waals surface area contributed by atoms with Gasteiger partial charge in [-0.1, -0.05) is 26.8 Å². The Labute approximate surface area is 130 Å². The monoisotopic (exact) mass is 324 g/mol. The summed E-state index contributed by atoms with van der Waals surface area (Å²) >= 11 is 0. The van der Waals surface area contributed by atoms with Crippen molar-refractivity contribution in [2.75, 3.05) is 6.61 Å². The summed E-state index contributed by atoms with van der Waals surface area (Å²) in [5.74, 6) is 0. The number of nitrogens with one attached hydrogen (secondary N) is 1. The quantitative estimate of drug-likeness (QED) is 0.679. The molecule has 1 N–H and O–H groups in total. The van der Waals surface area contributed by atoms with Crippen LogP contribution in [0.25, 0.3) is 0 Å². The van der Waals surface area contributed by atoms with E-state index in [1.165, 1.54) is 16.8 Å². The Morgan fingerprint density at radius 1 is 1.32 bits per heavy atom. The van der Waals surface area contributed by atoms with E-state index < -0.39 is 25.8 Å². The van der Waals surface area contributed by atoms with Crippen molar-refractivity contribution < 1.29 is 9.16 Å². The SMILES string of the molecule is CC(C)(C)[Si](C)(C)OC[C@@H]1C=C[C@H](n2ccc(=O)[nH]c2=O)O1. The van der Waals surface area contributed by atoms with E-state index in [9.17, 15) is 9.59 Å². The molecule has 0 saturated heterocycles. The van der Waals surface area contributed by atoms with Gasteiger partial charge in [-0.05, 0) is 24.2 Å². The van der Waals surface area contributed by atoms with Crippen molar-refractivity contribution in [3.05, 3.63) is 45.3 Å². The highest BCUT2D eigenvalue weighted by atomic mass is 28.4. The van der Waals surface area contributed by atoms with Gasteiger partial charge in [-0.2, -0.15) is 0 Å². The molecule has 7 heteroatoms. The third-order valence-electron chi connectivity index (χ3n) is 4.34. The number of H-pyrrole nitrogens is 1. The molecule has 0 bridgehead atoms. The van der Waals surface area contributed by atoms with Crippen LogP contribution in [0.15, 0.2) is 34.0 Å². The predicted octanol–water partition coefficient (Wildman–Crippen LogP) is 2.01. The summed E-state index contributed by atoms with van der Waals surface area (Å²) in [5, 5.41) is 0.143. The fourth-order valence-electron chi connectivity index (χ4n) is 1.88. The van der Waals surface area contributed by atoms with E-state index in [1.54, 1.807) is 6.08 Å². The van der Waals surface area contributed by atoms with Crippen LogP contribution in [0.3, 0.4) is 0 Å². The lowest BCUT2D eigenvalue weighted by atomic mass is 10.2. The number of nitrogens with zero attached hydrogens (tertiary/aromatic N) is 1. The molecule has 6 nitrogen and oxygen atoms in total. The van der Waals surface area contributed by atoms with E-state index in [-0.39, 0.29) is 11.1 Å². The molecule has 0 saturated carbocycles. The van der Waals surface area contributed by atoms with Crippen LogP contribution in [0, 0.1) is 0 Å². The summed E-state index contributed by atoms with van der Waals surface area (Å²) < 4.78 is 13.3.